The Hall–Kier alpha value is -1.87. The van der Waals surface area contributed by atoms with Gasteiger partial charge in [-0.05, 0) is 50.3 Å². The monoisotopic (exact) mass is 505 g/mol. The van der Waals surface area contributed by atoms with E-state index in [9.17, 15) is 19.8 Å². The van der Waals surface area contributed by atoms with E-state index in [1.807, 2.05) is 45.2 Å². The van der Waals surface area contributed by atoms with E-state index in [1.165, 1.54) is 11.3 Å². The van der Waals surface area contributed by atoms with Crippen LogP contribution in [-0.2, 0) is 19.1 Å². The lowest BCUT2D eigenvalue weighted by atomic mass is 9.73. The van der Waals surface area contributed by atoms with Crippen LogP contribution >= 0.6 is 11.3 Å². The van der Waals surface area contributed by atoms with E-state index in [2.05, 4.69) is 11.9 Å². The lowest BCUT2D eigenvalue weighted by molar-refractivity contribution is -0.155. The quantitative estimate of drug-likeness (QED) is 0.457. The van der Waals surface area contributed by atoms with Crippen molar-refractivity contribution in [3.63, 3.8) is 0 Å². The van der Waals surface area contributed by atoms with Gasteiger partial charge in [0, 0.05) is 17.7 Å². The fraction of sp³-hybridized carbons (Fsp3) is 0.667. The zero-order valence-electron chi connectivity index (χ0n) is 21.8. The highest BCUT2D eigenvalue weighted by atomic mass is 32.1. The predicted octanol–water partition coefficient (Wildman–Crippen LogP) is 4.25. The zero-order chi connectivity index (χ0) is 26.1. The van der Waals surface area contributed by atoms with Crippen molar-refractivity contribution in [2.45, 2.75) is 98.2 Å². The van der Waals surface area contributed by atoms with Gasteiger partial charge in [-0.15, -0.1) is 11.3 Å². The summed E-state index contributed by atoms with van der Waals surface area (Å²) < 4.78 is 12.0. The largest absolute Gasteiger partial charge is 0.458 e. The van der Waals surface area contributed by atoms with Gasteiger partial charge < -0.3 is 19.7 Å². The molecule has 0 spiro atoms. The van der Waals surface area contributed by atoms with Crippen LogP contribution in [0.3, 0.4) is 0 Å². The summed E-state index contributed by atoms with van der Waals surface area (Å²) in [4.78, 5) is 30.7. The Morgan fingerprint density at radius 1 is 1.20 bits per heavy atom. The van der Waals surface area contributed by atoms with E-state index in [0.717, 1.165) is 28.3 Å². The second-order valence-corrected chi connectivity index (χ2v) is 11.8. The van der Waals surface area contributed by atoms with Gasteiger partial charge in [0.2, 0.25) is 0 Å². The van der Waals surface area contributed by atoms with E-state index < -0.39 is 35.6 Å². The van der Waals surface area contributed by atoms with E-state index >= 15 is 0 Å². The highest BCUT2D eigenvalue weighted by Crippen LogP contribution is 2.38. The maximum absolute atomic E-state index is 13.4. The minimum absolute atomic E-state index is 0.141. The Labute approximate surface area is 212 Å². The van der Waals surface area contributed by atoms with E-state index in [4.69, 9.17) is 9.47 Å². The molecular formula is C27H39NO6S. The summed E-state index contributed by atoms with van der Waals surface area (Å²) in [6.07, 6.45) is 1.07. The Bertz CT molecular complexity index is 996. The second kappa shape index (κ2) is 11.0. The maximum Gasteiger partial charge on any atom is 0.309 e. The predicted molar refractivity (Wildman–Crippen MR) is 136 cm³/mol. The molecule has 0 radical (unpaired) electrons. The molecule has 194 valence electrons. The zero-order valence-corrected chi connectivity index (χ0v) is 22.6. The van der Waals surface area contributed by atoms with Crippen LogP contribution < -0.4 is 0 Å². The Morgan fingerprint density at radius 3 is 2.51 bits per heavy atom. The highest BCUT2D eigenvalue weighted by Gasteiger charge is 2.45. The maximum atomic E-state index is 13.4. The van der Waals surface area contributed by atoms with E-state index in [-0.39, 0.29) is 36.8 Å². The number of thiazole rings is 1. The molecule has 0 aromatic carbocycles. The van der Waals surface area contributed by atoms with Gasteiger partial charge in [-0.3, -0.25) is 9.59 Å². The van der Waals surface area contributed by atoms with Gasteiger partial charge in [0.1, 0.15) is 11.9 Å². The number of hydrogen-bond acceptors (Lipinski definition) is 8. The molecule has 0 saturated carbocycles. The lowest BCUT2D eigenvalue weighted by Crippen LogP contribution is -2.45. The third kappa shape index (κ3) is 6.47. The number of carbonyl (C=O) groups excluding carboxylic acids is 2. The number of Topliss-reactive ketones (excluding diaryl/α,β-unsaturated/α-hetero) is 1. The number of cyclic esters (lactones) is 1. The molecule has 8 heteroatoms. The van der Waals surface area contributed by atoms with E-state index in [0.29, 0.717) is 0 Å². The molecule has 0 aliphatic carbocycles. The number of fused-ring (bicyclic) bond motifs is 2. The van der Waals surface area contributed by atoms with Crippen LogP contribution in [0, 0.1) is 24.2 Å². The van der Waals surface area contributed by atoms with Crippen molar-refractivity contribution >= 4 is 29.2 Å². The molecule has 1 aromatic rings. The average Bonchev–Trinajstić information content (AvgIpc) is 3.35. The summed E-state index contributed by atoms with van der Waals surface area (Å²) in [6, 6.07) is 0. The fourth-order valence-electron chi connectivity index (χ4n) is 5.02. The van der Waals surface area contributed by atoms with Crippen LogP contribution in [0.2, 0.25) is 0 Å². The molecule has 1 saturated heterocycles. The summed E-state index contributed by atoms with van der Waals surface area (Å²) in [5.41, 5.74) is 1.09. The Morgan fingerprint density at radius 2 is 1.89 bits per heavy atom. The molecule has 2 unspecified atom stereocenters. The smallest absolute Gasteiger partial charge is 0.309 e. The first kappa shape index (κ1) is 27.7. The molecule has 2 aliphatic heterocycles. The van der Waals surface area contributed by atoms with Crippen LogP contribution in [0.15, 0.2) is 22.6 Å². The first-order valence-corrected chi connectivity index (χ1v) is 13.2. The summed E-state index contributed by atoms with van der Waals surface area (Å²) in [5.74, 6) is -1.06. The van der Waals surface area contributed by atoms with Crippen molar-refractivity contribution in [2.24, 2.45) is 17.3 Å². The third-order valence-corrected chi connectivity index (χ3v) is 8.23. The average molecular weight is 506 g/mol. The Kier molecular flexibility index (Phi) is 8.73. The van der Waals surface area contributed by atoms with Gasteiger partial charge in [-0.2, -0.15) is 0 Å². The molecule has 2 N–H and O–H groups in total. The van der Waals surface area contributed by atoms with Crippen LogP contribution in [0.1, 0.15) is 71.5 Å². The molecule has 7 nitrogen and oxygen atoms in total. The number of ether oxygens (including phenoxy) is 2. The number of carbonyl (C=O) groups is 2. The second-order valence-electron chi connectivity index (χ2n) is 10.8. The molecule has 3 rings (SSSR count). The topological polar surface area (TPSA) is 106 Å². The number of aromatic nitrogens is 1. The summed E-state index contributed by atoms with van der Waals surface area (Å²) in [5, 5.41) is 24.7. The molecule has 1 aromatic heterocycles. The van der Waals surface area contributed by atoms with Gasteiger partial charge >= 0.3 is 5.97 Å². The van der Waals surface area contributed by atoms with Crippen molar-refractivity contribution in [1.29, 1.82) is 0 Å². The number of aliphatic hydroxyl groups excluding tert-OH is 2. The number of esters is 1. The minimum Gasteiger partial charge on any atom is -0.458 e. The van der Waals surface area contributed by atoms with Crippen LogP contribution in [0.4, 0.5) is 0 Å². The van der Waals surface area contributed by atoms with Crippen molar-refractivity contribution in [3.05, 3.63) is 33.3 Å². The minimum atomic E-state index is -1.21. The van der Waals surface area contributed by atoms with Gasteiger partial charge in [0.05, 0.1) is 47.0 Å². The number of aryl methyl sites for hydroxylation is 1. The van der Waals surface area contributed by atoms with E-state index in [1.54, 1.807) is 13.8 Å². The van der Waals surface area contributed by atoms with Crippen LogP contribution in [-0.4, -0.2) is 57.5 Å². The number of ketones is 1. The lowest BCUT2D eigenvalue weighted by Gasteiger charge is -2.34. The molecule has 3 heterocycles. The van der Waals surface area contributed by atoms with Crippen molar-refractivity contribution in [2.75, 3.05) is 0 Å². The molecule has 1 fully saturated rings. The van der Waals surface area contributed by atoms with Crippen LogP contribution in [0.5, 0.6) is 0 Å². The summed E-state index contributed by atoms with van der Waals surface area (Å²) in [7, 11) is 0. The Balaban J connectivity index is 1.95. The third-order valence-electron chi connectivity index (χ3n) is 7.44. The number of nitrogens with zero attached hydrogens (tertiary/aromatic N) is 1. The molecule has 7 atom stereocenters. The molecule has 35 heavy (non-hydrogen) atoms. The molecule has 0 amide bonds. The van der Waals surface area contributed by atoms with Gasteiger partial charge in [0.15, 0.2) is 0 Å². The molecular weight excluding hydrogens is 466 g/mol. The first-order chi connectivity index (χ1) is 16.3. The standard InChI is InChI=1S/C27H39NO6S/c1-14-9-20-10-16(3)25(33-20)17(4)26(32)27(6,7)23(30)12-24(31)34-22(11-21(14)29)15(2)8-19-13-35-18(5)28-19/h8-9,13,16-17,20-23,25,29-30H,10-12H2,1-7H3/b14-9+,15-8+/t16-,17-,20?,21-,22?,23-,25-/m0/s1. The number of hydrogen-bond donors (Lipinski definition) is 2. The van der Waals surface area contributed by atoms with Crippen molar-refractivity contribution in [3.8, 4) is 0 Å². The molecule has 2 bridgehead atoms. The van der Waals surface area contributed by atoms with Gasteiger partial charge in [-0.25, -0.2) is 4.98 Å². The first-order valence-electron chi connectivity index (χ1n) is 12.3. The van der Waals surface area contributed by atoms with Crippen molar-refractivity contribution < 1.29 is 29.3 Å². The summed E-state index contributed by atoms with van der Waals surface area (Å²) >= 11 is 1.53. The van der Waals surface area contributed by atoms with Crippen LogP contribution in [0.25, 0.3) is 6.08 Å². The number of rotatable bonds is 2. The molecule has 2 aliphatic rings. The van der Waals surface area contributed by atoms with Gasteiger partial charge in [-0.1, -0.05) is 33.8 Å². The fourth-order valence-corrected chi connectivity index (χ4v) is 5.59. The highest BCUT2D eigenvalue weighted by molar-refractivity contribution is 7.09. The summed E-state index contributed by atoms with van der Waals surface area (Å²) in [6.45, 7) is 12.8. The SMILES string of the molecule is C/C(=C\c1csc(C)n1)C1C[C@H](O)/C(C)=C/C2C[C@H](C)[C@H](O2)[C@H](C)C(=O)C(C)(C)[C@@H](O)CC(=O)O1. The number of aliphatic hydroxyl groups is 2. The van der Waals surface area contributed by atoms with Gasteiger partial charge in [0.25, 0.3) is 0 Å². The normalized spacial score (nSPS) is 36.7. The van der Waals surface area contributed by atoms with Crippen molar-refractivity contribution in [1.82, 2.24) is 4.98 Å².